The lowest BCUT2D eigenvalue weighted by Gasteiger charge is -2.23. The van der Waals surface area contributed by atoms with Crippen molar-refractivity contribution >= 4 is 17.5 Å². The number of rotatable bonds is 3. The van der Waals surface area contributed by atoms with Gasteiger partial charge in [0, 0.05) is 12.2 Å². The first-order valence-electron chi connectivity index (χ1n) is 6.09. The highest BCUT2D eigenvalue weighted by Gasteiger charge is 2.34. The second-order valence-electron chi connectivity index (χ2n) is 4.48. The van der Waals surface area contributed by atoms with Crippen LogP contribution in [0.15, 0.2) is 18.2 Å². The van der Waals surface area contributed by atoms with E-state index in [1.165, 1.54) is 12.0 Å². The minimum atomic E-state index is -0.559. The highest BCUT2D eigenvalue weighted by molar-refractivity contribution is 6.03. The number of likely N-dealkylation sites (tertiary alicyclic amines) is 1. The fourth-order valence-corrected chi connectivity index (χ4v) is 2.40. The number of carbonyl (C=O) groups is 2. The summed E-state index contributed by atoms with van der Waals surface area (Å²) < 4.78 is 5.16. The highest BCUT2D eigenvalue weighted by Crippen LogP contribution is 2.28. The number of methoxy groups -OCH3 is 1. The molecule has 1 aliphatic heterocycles. The van der Waals surface area contributed by atoms with Crippen molar-refractivity contribution in [1.82, 2.24) is 4.90 Å². The maximum atomic E-state index is 12.5. The van der Waals surface area contributed by atoms with E-state index in [1.807, 2.05) is 0 Å². The number of hydrogen-bond acceptors (Lipinski definition) is 4. The summed E-state index contributed by atoms with van der Waals surface area (Å²) in [4.78, 5) is 25.3. The van der Waals surface area contributed by atoms with Crippen LogP contribution in [-0.2, 0) is 4.79 Å². The van der Waals surface area contributed by atoms with E-state index in [0.717, 1.165) is 6.42 Å². The van der Waals surface area contributed by atoms with Gasteiger partial charge in [0.1, 0.15) is 17.4 Å². The van der Waals surface area contributed by atoms with Crippen molar-refractivity contribution in [2.45, 2.75) is 18.9 Å². The smallest absolute Gasteiger partial charge is 0.260 e. The fraction of sp³-hybridized carbons (Fsp3) is 0.385. The summed E-state index contributed by atoms with van der Waals surface area (Å²) in [6.07, 6.45) is 1.35. The van der Waals surface area contributed by atoms with Crippen LogP contribution in [0.2, 0.25) is 0 Å². The van der Waals surface area contributed by atoms with Gasteiger partial charge in [0.15, 0.2) is 0 Å². The van der Waals surface area contributed by atoms with Gasteiger partial charge in [-0.3, -0.25) is 9.59 Å². The molecule has 19 heavy (non-hydrogen) atoms. The van der Waals surface area contributed by atoms with Crippen molar-refractivity contribution in [2.24, 2.45) is 5.73 Å². The standard InChI is InChI=1S/C13H17N3O3/c1-19-10-6-2-4-8(14)11(10)13(18)16-7-3-5-9(16)12(15)17/h2,4,6,9H,3,5,7,14H2,1H3,(H2,15,17). The Morgan fingerprint density at radius 1 is 1.42 bits per heavy atom. The summed E-state index contributed by atoms with van der Waals surface area (Å²) >= 11 is 0. The maximum absolute atomic E-state index is 12.5. The Hall–Kier alpha value is -2.24. The third kappa shape index (κ3) is 2.33. The minimum absolute atomic E-state index is 0.290. The fourth-order valence-electron chi connectivity index (χ4n) is 2.40. The summed E-state index contributed by atoms with van der Waals surface area (Å²) in [6.45, 7) is 0.504. The number of nitrogens with zero attached hydrogens (tertiary/aromatic N) is 1. The summed E-state index contributed by atoms with van der Waals surface area (Å²) in [6, 6.07) is 4.45. The molecule has 1 unspecified atom stereocenters. The Morgan fingerprint density at radius 2 is 2.16 bits per heavy atom. The first kappa shape index (κ1) is 13.2. The molecule has 6 nitrogen and oxygen atoms in total. The van der Waals surface area contributed by atoms with E-state index in [2.05, 4.69) is 0 Å². The van der Waals surface area contributed by atoms with Gasteiger partial charge >= 0.3 is 0 Å². The van der Waals surface area contributed by atoms with Crippen LogP contribution >= 0.6 is 0 Å². The Labute approximate surface area is 111 Å². The van der Waals surface area contributed by atoms with Crippen LogP contribution in [-0.4, -0.2) is 36.4 Å². The quantitative estimate of drug-likeness (QED) is 0.769. The molecule has 0 bridgehead atoms. The van der Waals surface area contributed by atoms with E-state index >= 15 is 0 Å². The van der Waals surface area contributed by atoms with Gasteiger partial charge in [-0.1, -0.05) is 6.07 Å². The second kappa shape index (κ2) is 5.17. The third-order valence-electron chi connectivity index (χ3n) is 3.33. The average molecular weight is 263 g/mol. The van der Waals surface area contributed by atoms with Crippen LogP contribution in [0.3, 0.4) is 0 Å². The van der Waals surface area contributed by atoms with E-state index in [4.69, 9.17) is 16.2 Å². The van der Waals surface area contributed by atoms with Crippen LogP contribution < -0.4 is 16.2 Å². The van der Waals surface area contributed by atoms with Gasteiger partial charge in [0.25, 0.3) is 5.91 Å². The number of carbonyl (C=O) groups excluding carboxylic acids is 2. The van der Waals surface area contributed by atoms with Gasteiger partial charge < -0.3 is 21.1 Å². The molecule has 1 heterocycles. The molecule has 1 aromatic rings. The zero-order valence-electron chi connectivity index (χ0n) is 10.8. The number of ether oxygens (including phenoxy) is 1. The number of anilines is 1. The Morgan fingerprint density at radius 3 is 2.79 bits per heavy atom. The van der Waals surface area contributed by atoms with Crippen LogP contribution in [0.25, 0.3) is 0 Å². The van der Waals surface area contributed by atoms with Crippen LogP contribution in [0, 0.1) is 0 Å². The molecule has 1 aromatic carbocycles. The van der Waals surface area contributed by atoms with E-state index in [1.54, 1.807) is 18.2 Å². The monoisotopic (exact) mass is 263 g/mol. The van der Waals surface area contributed by atoms with Gasteiger partial charge in [-0.05, 0) is 25.0 Å². The topological polar surface area (TPSA) is 98.7 Å². The molecular weight excluding hydrogens is 246 g/mol. The van der Waals surface area contributed by atoms with Crippen LogP contribution in [0.1, 0.15) is 23.2 Å². The Balaban J connectivity index is 2.37. The normalized spacial score (nSPS) is 18.4. The minimum Gasteiger partial charge on any atom is -0.496 e. The lowest BCUT2D eigenvalue weighted by atomic mass is 10.1. The predicted molar refractivity (Wildman–Crippen MR) is 70.7 cm³/mol. The van der Waals surface area contributed by atoms with Gasteiger partial charge in [-0.2, -0.15) is 0 Å². The first-order valence-corrected chi connectivity index (χ1v) is 6.09. The Kier molecular flexibility index (Phi) is 3.59. The number of primary amides is 1. The molecule has 2 rings (SSSR count). The molecule has 102 valence electrons. The first-order chi connectivity index (χ1) is 9.06. The highest BCUT2D eigenvalue weighted by atomic mass is 16.5. The van der Waals surface area contributed by atoms with Crippen LogP contribution in [0.4, 0.5) is 5.69 Å². The number of nitrogen functional groups attached to an aromatic ring is 1. The van der Waals surface area contributed by atoms with Crippen LogP contribution in [0.5, 0.6) is 5.75 Å². The summed E-state index contributed by atoms with van der Waals surface area (Å²) in [5.74, 6) is -0.393. The van der Waals surface area contributed by atoms with Gasteiger partial charge in [0.05, 0.1) is 7.11 Å². The Bertz CT molecular complexity index is 516. The van der Waals surface area contributed by atoms with E-state index in [0.29, 0.717) is 24.4 Å². The number of nitrogens with two attached hydrogens (primary N) is 2. The molecule has 1 fully saturated rings. The SMILES string of the molecule is COc1cccc(N)c1C(=O)N1CCCC1C(N)=O. The summed E-state index contributed by atoms with van der Waals surface area (Å²) in [5.41, 5.74) is 11.8. The van der Waals surface area contributed by atoms with Gasteiger partial charge in [-0.25, -0.2) is 0 Å². The van der Waals surface area contributed by atoms with Crippen molar-refractivity contribution in [3.63, 3.8) is 0 Å². The molecule has 0 saturated carbocycles. The molecule has 0 aromatic heterocycles. The predicted octanol–water partition coefficient (Wildman–Crippen LogP) is 0.367. The molecule has 0 aliphatic carbocycles. The lowest BCUT2D eigenvalue weighted by Crippen LogP contribution is -2.44. The van der Waals surface area contributed by atoms with Crippen molar-refractivity contribution in [2.75, 3.05) is 19.4 Å². The molecule has 0 spiro atoms. The summed E-state index contributed by atoms with van der Waals surface area (Å²) in [7, 11) is 1.47. The molecule has 4 N–H and O–H groups in total. The second-order valence-corrected chi connectivity index (χ2v) is 4.48. The molecule has 6 heteroatoms. The lowest BCUT2D eigenvalue weighted by molar-refractivity contribution is -0.121. The molecule has 1 saturated heterocycles. The van der Waals surface area contributed by atoms with Crippen molar-refractivity contribution in [3.8, 4) is 5.75 Å². The van der Waals surface area contributed by atoms with E-state index < -0.39 is 11.9 Å². The van der Waals surface area contributed by atoms with E-state index in [9.17, 15) is 9.59 Å². The zero-order valence-corrected chi connectivity index (χ0v) is 10.8. The van der Waals surface area contributed by atoms with Gasteiger partial charge in [-0.15, -0.1) is 0 Å². The van der Waals surface area contributed by atoms with Crippen molar-refractivity contribution in [1.29, 1.82) is 0 Å². The molecule has 2 amide bonds. The van der Waals surface area contributed by atoms with E-state index in [-0.39, 0.29) is 11.5 Å². The molecule has 0 radical (unpaired) electrons. The third-order valence-corrected chi connectivity index (χ3v) is 3.33. The zero-order chi connectivity index (χ0) is 14.0. The number of benzene rings is 1. The summed E-state index contributed by atoms with van der Waals surface area (Å²) in [5, 5.41) is 0. The molecular formula is C13H17N3O3. The average Bonchev–Trinajstić information content (AvgIpc) is 2.87. The van der Waals surface area contributed by atoms with Crippen molar-refractivity contribution in [3.05, 3.63) is 23.8 Å². The largest absolute Gasteiger partial charge is 0.496 e. The molecule has 1 aliphatic rings. The van der Waals surface area contributed by atoms with Gasteiger partial charge in [0.2, 0.25) is 5.91 Å². The number of hydrogen-bond donors (Lipinski definition) is 2. The number of amides is 2. The van der Waals surface area contributed by atoms with Crippen molar-refractivity contribution < 1.29 is 14.3 Å². The molecule has 1 atom stereocenters. The maximum Gasteiger partial charge on any atom is 0.260 e.